The zero-order chi connectivity index (χ0) is 25.2. The fraction of sp³-hybridized carbons (Fsp3) is 0.414. The summed E-state index contributed by atoms with van der Waals surface area (Å²) >= 11 is 0. The van der Waals surface area contributed by atoms with Crippen molar-refractivity contribution < 1.29 is 0 Å². The molecule has 1 saturated carbocycles. The lowest BCUT2D eigenvalue weighted by atomic mass is 9.90. The van der Waals surface area contributed by atoms with Gasteiger partial charge in [-0.2, -0.15) is 5.10 Å². The standard InChI is InChI=1S/C29H36N8/c1-35-15-17-36(18-16-35)24-11-13-25(14-12-24)37-29-26(28(30)32-20-33-29)27(34-37)22-7-9-23(10-8-22)31-19-21-5-3-2-4-6-21/h2-10,20,24-25,31H,11-19H2,1H3,(H2,30,32,33)/t24-,25+. The van der Waals surface area contributed by atoms with Gasteiger partial charge in [-0.05, 0) is 50.4 Å². The van der Waals surface area contributed by atoms with E-state index in [-0.39, 0.29) is 0 Å². The quantitative estimate of drug-likeness (QED) is 0.409. The maximum Gasteiger partial charge on any atom is 0.164 e. The zero-order valence-corrected chi connectivity index (χ0v) is 21.6. The van der Waals surface area contributed by atoms with E-state index in [0.29, 0.717) is 17.9 Å². The minimum absolute atomic E-state index is 0.334. The number of hydrogen-bond donors (Lipinski definition) is 2. The molecule has 2 aliphatic rings. The number of likely N-dealkylation sites (N-methyl/N-ethyl adjacent to an activating group) is 1. The highest BCUT2D eigenvalue weighted by molar-refractivity contribution is 5.98. The fourth-order valence-electron chi connectivity index (χ4n) is 5.85. The average molecular weight is 497 g/mol. The van der Waals surface area contributed by atoms with Gasteiger partial charge in [0.05, 0.1) is 11.4 Å². The van der Waals surface area contributed by atoms with Gasteiger partial charge in [0.15, 0.2) is 5.65 Å². The van der Waals surface area contributed by atoms with Crippen LogP contribution in [-0.2, 0) is 6.54 Å². The molecule has 0 amide bonds. The van der Waals surface area contributed by atoms with E-state index in [1.54, 1.807) is 6.33 Å². The normalized spacial score (nSPS) is 21.3. The van der Waals surface area contributed by atoms with Gasteiger partial charge in [0.1, 0.15) is 17.8 Å². The number of fused-ring (bicyclic) bond motifs is 1. The second-order valence-electron chi connectivity index (χ2n) is 10.5. The Morgan fingerprint density at radius 3 is 2.30 bits per heavy atom. The van der Waals surface area contributed by atoms with E-state index in [0.717, 1.165) is 47.4 Å². The molecule has 1 saturated heterocycles. The second-order valence-corrected chi connectivity index (χ2v) is 10.5. The van der Waals surface area contributed by atoms with Gasteiger partial charge in [0.25, 0.3) is 0 Å². The Labute approximate surface area is 218 Å². The molecule has 4 aromatic rings. The Kier molecular flexibility index (Phi) is 6.76. The largest absolute Gasteiger partial charge is 0.383 e. The predicted octanol–water partition coefficient (Wildman–Crippen LogP) is 4.42. The number of nitrogens with two attached hydrogens (primary N) is 1. The average Bonchev–Trinajstić information content (AvgIpc) is 3.34. The van der Waals surface area contributed by atoms with Crippen molar-refractivity contribution in [1.29, 1.82) is 0 Å². The van der Waals surface area contributed by atoms with E-state index < -0.39 is 0 Å². The summed E-state index contributed by atoms with van der Waals surface area (Å²) in [6, 6.07) is 19.9. The van der Waals surface area contributed by atoms with E-state index >= 15 is 0 Å². The van der Waals surface area contributed by atoms with Gasteiger partial charge >= 0.3 is 0 Å². The third-order valence-electron chi connectivity index (χ3n) is 8.08. The van der Waals surface area contributed by atoms with E-state index in [4.69, 9.17) is 10.8 Å². The first-order valence-corrected chi connectivity index (χ1v) is 13.5. The number of aromatic nitrogens is 4. The molecule has 37 heavy (non-hydrogen) atoms. The number of benzene rings is 2. The molecule has 8 nitrogen and oxygen atoms in total. The summed E-state index contributed by atoms with van der Waals surface area (Å²) in [7, 11) is 2.22. The Bertz CT molecular complexity index is 1320. The van der Waals surface area contributed by atoms with Gasteiger partial charge in [0, 0.05) is 50.0 Å². The Morgan fingerprint density at radius 1 is 0.865 bits per heavy atom. The first-order valence-electron chi connectivity index (χ1n) is 13.5. The molecule has 0 atom stereocenters. The number of rotatable bonds is 6. The Balaban J connectivity index is 1.20. The van der Waals surface area contributed by atoms with Crippen molar-refractivity contribution in [1.82, 2.24) is 29.5 Å². The molecule has 192 valence electrons. The fourth-order valence-corrected chi connectivity index (χ4v) is 5.85. The van der Waals surface area contributed by atoms with E-state index in [1.807, 2.05) is 6.07 Å². The molecular weight excluding hydrogens is 460 g/mol. The Hall–Kier alpha value is -3.49. The number of nitrogen functional groups attached to an aromatic ring is 1. The van der Waals surface area contributed by atoms with Crippen LogP contribution in [-0.4, -0.2) is 68.8 Å². The van der Waals surface area contributed by atoms with Crippen LogP contribution in [0.25, 0.3) is 22.3 Å². The molecule has 0 spiro atoms. The highest BCUT2D eigenvalue weighted by Crippen LogP contribution is 2.37. The van der Waals surface area contributed by atoms with Gasteiger partial charge in [0.2, 0.25) is 0 Å². The minimum Gasteiger partial charge on any atom is -0.383 e. The molecule has 8 heteroatoms. The van der Waals surface area contributed by atoms with Gasteiger partial charge in [-0.3, -0.25) is 4.90 Å². The summed E-state index contributed by atoms with van der Waals surface area (Å²) in [6.07, 6.45) is 6.19. The summed E-state index contributed by atoms with van der Waals surface area (Å²) in [4.78, 5) is 14.1. The molecular formula is C29H36N8. The number of anilines is 2. The smallest absolute Gasteiger partial charge is 0.164 e. The number of nitrogens with zero attached hydrogens (tertiary/aromatic N) is 6. The van der Waals surface area contributed by atoms with E-state index in [2.05, 4.69) is 85.3 Å². The highest BCUT2D eigenvalue weighted by atomic mass is 15.3. The monoisotopic (exact) mass is 496 g/mol. The maximum atomic E-state index is 6.38. The molecule has 2 aromatic heterocycles. The second kappa shape index (κ2) is 10.5. The minimum atomic E-state index is 0.334. The van der Waals surface area contributed by atoms with Crippen LogP contribution < -0.4 is 11.1 Å². The van der Waals surface area contributed by atoms with Crippen LogP contribution in [0.4, 0.5) is 11.5 Å². The summed E-state index contributed by atoms with van der Waals surface area (Å²) in [5, 5.41) is 9.46. The summed E-state index contributed by atoms with van der Waals surface area (Å²) < 4.78 is 2.13. The van der Waals surface area contributed by atoms with Crippen LogP contribution in [0.2, 0.25) is 0 Å². The molecule has 0 radical (unpaired) electrons. The van der Waals surface area contributed by atoms with E-state index in [1.165, 1.54) is 44.6 Å². The van der Waals surface area contributed by atoms with Gasteiger partial charge < -0.3 is 16.0 Å². The first kappa shape index (κ1) is 23.9. The van der Waals surface area contributed by atoms with E-state index in [9.17, 15) is 0 Å². The van der Waals surface area contributed by atoms with Crippen LogP contribution in [0, 0.1) is 0 Å². The molecule has 1 aliphatic carbocycles. The molecule has 3 N–H and O–H groups in total. The SMILES string of the molecule is CN1CCN([C@H]2CC[C@@H](n3nc(-c4ccc(NCc5ccccc5)cc4)c4c(N)ncnc43)CC2)CC1. The molecule has 0 bridgehead atoms. The van der Waals surface area contributed by atoms with Crippen LogP contribution in [0.1, 0.15) is 37.3 Å². The molecule has 6 rings (SSSR count). The van der Waals surface area contributed by atoms with Crippen molar-refractivity contribution in [2.24, 2.45) is 0 Å². The molecule has 0 unspecified atom stereocenters. The van der Waals surface area contributed by atoms with Crippen molar-refractivity contribution in [3.8, 4) is 11.3 Å². The molecule has 2 fully saturated rings. The lowest BCUT2D eigenvalue weighted by molar-refractivity contribution is 0.0815. The Morgan fingerprint density at radius 2 is 1.57 bits per heavy atom. The third-order valence-corrected chi connectivity index (χ3v) is 8.08. The molecule has 3 heterocycles. The van der Waals surface area contributed by atoms with Crippen LogP contribution >= 0.6 is 0 Å². The van der Waals surface area contributed by atoms with Gasteiger partial charge in [-0.1, -0.05) is 42.5 Å². The number of nitrogens with one attached hydrogen (secondary N) is 1. The molecule has 2 aromatic carbocycles. The van der Waals surface area contributed by atoms with Crippen LogP contribution in [0.15, 0.2) is 60.9 Å². The summed E-state index contributed by atoms with van der Waals surface area (Å²) in [5.41, 5.74) is 11.4. The maximum absolute atomic E-state index is 6.38. The van der Waals surface area contributed by atoms with Crippen LogP contribution in [0.3, 0.4) is 0 Å². The van der Waals surface area contributed by atoms with Gasteiger partial charge in [-0.25, -0.2) is 14.6 Å². The van der Waals surface area contributed by atoms with Crippen LogP contribution in [0.5, 0.6) is 0 Å². The van der Waals surface area contributed by atoms with Crippen molar-refractivity contribution in [3.63, 3.8) is 0 Å². The van der Waals surface area contributed by atoms with Crippen molar-refractivity contribution in [2.75, 3.05) is 44.3 Å². The zero-order valence-electron chi connectivity index (χ0n) is 21.6. The first-order chi connectivity index (χ1) is 18.2. The molecule has 1 aliphatic heterocycles. The lowest BCUT2D eigenvalue weighted by Crippen LogP contribution is -2.49. The number of hydrogen-bond acceptors (Lipinski definition) is 7. The topological polar surface area (TPSA) is 88.1 Å². The summed E-state index contributed by atoms with van der Waals surface area (Å²) in [6.45, 7) is 5.49. The van der Waals surface area contributed by atoms with Crippen molar-refractivity contribution in [2.45, 2.75) is 44.3 Å². The van der Waals surface area contributed by atoms with Crippen molar-refractivity contribution in [3.05, 3.63) is 66.5 Å². The third kappa shape index (κ3) is 5.04. The predicted molar refractivity (Wildman–Crippen MR) is 149 cm³/mol. The highest BCUT2D eigenvalue weighted by Gasteiger charge is 2.30. The van der Waals surface area contributed by atoms with Crippen molar-refractivity contribution >= 4 is 22.5 Å². The summed E-state index contributed by atoms with van der Waals surface area (Å²) in [5.74, 6) is 0.489. The lowest BCUT2D eigenvalue weighted by Gasteiger charge is -2.41. The van der Waals surface area contributed by atoms with Gasteiger partial charge in [-0.15, -0.1) is 0 Å². The number of piperazine rings is 1.